The highest BCUT2D eigenvalue weighted by Crippen LogP contribution is 2.64. The second-order valence-electron chi connectivity index (χ2n) is 7.96. The molecular formula is C24H30O2. The molecule has 0 amide bonds. The summed E-state index contributed by atoms with van der Waals surface area (Å²) >= 11 is 0. The summed E-state index contributed by atoms with van der Waals surface area (Å²) in [6.07, 6.45) is 9.16. The van der Waals surface area contributed by atoms with E-state index in [0.29, 0.717) is 17.3 Å². The SMILES string of the molecule is COc1ccccc1[C@@H]1CCCC[C@]12CCC[C@H]2c1ccccc1OC. The minimum absolute atomic E-state index is 0.335. The number of hydrogen-bond acceptors (Lipinski definition) is 2. The first-order chi connectivity index (χ1) is 12.8. The van der Waals surface area contributed by atoms with Gasteiger partial charge in [0.2, 0.25) is 0 Å². The molecule has 2 aliphatic rings. The van der Waals surface area contributed by atoms with E-state index in [1.54, 1.807) is 14.2 Å². The van der Waals surface area contributed by atoms with Crippen LogP contribution < -0.4 is 9.47 Å². The third-order valence-electron chi connectivity index (χ3n) is 6.94. The second kappa shape index (κ2) is 7.34. The van der Waals surface area contributed by atoms with Gasteiger partial charge in [0, 0.05) is 0 Å². The van der Waals surface area contributed by atoms with Crippen molar-refractivity contribution < 1.29 is 9.47 Å². The number of benzene rings is 2. The average Bonchev–Trinajstić information content (AvgIpc) is 3.11. The largest absolute Gasteiger partial charge is 0.496 e. The van der Waals surface area contributed by atoms with Crippen molar-refractivity contribution in [2.24, 2.45) is 5.41 Å². The van der Waals surface area contributed by atoms with Crippen molar-refractivity contribution in [3.05, 3.63) is 59.7 Å². The predicted octanol–water partition coefficient (Wildman–Crippen LogP) is 6.32. The van der Waals surface area contributed by atoms with Gasteiger partial charge in [0.15, 0.2) is 0 Å². The van der Waals surface area contributed by atoms with E-state index in [1.165, 1.54) is 56.1 Å². The molecule has 138 valence electrons. The van der Waals surface area contributed by atoms with E-state index >= 15 is 0 Å². The molecule has 26 heavy (non-hydrogen) atoms. The first-order valence-electron chi connectivity index (χ1n) is 10.1. The molecule has 4 rings (SSSR count). The van der Waals surface area contributed by atoms with Gasteiger partial charge in [0.05, 0.1) is 14.2 Å². The molecule has 0 unspecified atom stereocenters. The third kappa shape index (κ3) is 2.80. The van der Waals surface area contributed by atoms with Crippen LogP contribution in [0.25, 0.3) is 0 Å². The van der Waals surface area contributed by atoms with Crippen LogP contribution in [0.15, 0.2) is 48.5 Å². The summed E-state index contributed by atoms with van der Waals surface area (Å²) in [5.41, 5.74) is 3.16. The summed E-state index contributed by atoms with van der Waals surface area (Å²) in [5.74, 6) is 3.27. The normalized spacial score (nSPS) is 28.2. The minimum atomic E-state index is 0.335. The number of ether oxygens (including phenoxy) is 2. The fourth-order valence-corrected chi connectivity index (χ4v) is 5.92. The maximum atomic E-state index is 5.76. The summed E-state index contributed by atoms with van der Waals surface area (Å²) in [5, 5.41) is 0. The van der Waals surface area contributed by atoms with Gasteiger partial charge in [0.1, 0.15) is 11.5 Å². The molecule has 2 aromatic rings. The smallest absolute Gasteiger partial charge is 0.122 e. The van der Waals surface area contributed by atoms with Crippen LogP contribution in [0.5, 0.6) is 11.5 Å². The molecule has 2 aromatic carbocycles. The van der Waals surface area contributed by atoms with E-state index in [2.05, 4.69) is 48.5 Å². The number of rotatable bonds is 4. The zero-order valence-electron chi connectivity index (χ0n) is 16.0. The summed E-state index contributed by atoms with van der Waals surface area (Å²) in [6, 6.07) is 17.4. The van der Waals surface area contributed by atoms with E-state index < -0.39 is 0 Å². The topological polar surface area (TPSA) is 18.5 Å². The van der Waals surface area contributed by atoms with Gasteiger partial charge in [-0.15, -0.1) is 0 Å². The summed E-state index contributed by atoms with van der Waals surface area (Å²) < 4.78 is 11.5. The highest BCUT2D eigenvalue weighted by molar-refractivity contribution is 5.43. The first kappa shape index (κ1) is 17.5. The van der Waals surface area contributed by atoms with Crippen LogP contribution in [0.2, 0.25) is 0 Å². The van der Waals surface area contributed by atoms with Gasteiger partial charge in [0.25, 0.3) is 0 Å². The monoisotopic (exact) mass is 350 g/mol. The Balaban J connectivity index is 1.80. The van der Waals surface area contributed by atoms with Gasteiger partial charge >= 0.3 is 0 Å². The Labute approximate surface area is 157 Å². The van der Waals surface area contributed by atoms with Crippen molar-refractivity contribution in [1.29, 1.82) is 0 Å². The van der Waals surface area contributed by atoms with Crippen molar-refractivity contribution in [2.75, 3.05) is 14.2 Å². The average molecular weight is 351 g/mol. The Bertz CT molecular complexity index is 753. The van der Waals surface area contributed by atoms with Crippen LogP contribution in [0.1, 0.15) is 67.9 Å². The molecule has 0 radical (unpaired) electrons. The molecule has 2 fully saturated rings. The quantitative estimate of drug-likeness (QED) is 0.643. The molecule has 2 saturated carbocycles. The molecule has 0 aromatic heterocycles. The number of methoxy groups -OCH3 is 2. The Morgan fingerprint density at radius 2 is 1.19 bits per heavy atom. The molecule has 1 spiro atoms. The molecule has 2 heteroatoms. The molecule has 2 nitrogen and oxygen atoms in total. The van der Waals surface area contributed by atoms with Crippen molar-refractivity contribution in [1.82, 2.24) is 0 Å². The Morgan fingerprint density at radius 1 is 0.692 bits per heavy atom. The van der Waals surface area contributed by atoms with E-state index in [0.717, 1.165) is 11.5 Å². The fraction of sp³-hybridized carbons (Fsp3) is 0.500. The van der Waals surface area contributed by atoms with E-state index in [4.69, 9.17) is 9.47 Å². The standard InChI is InChI=1S/C24H30O2/c1-25-22-14-5-3-10-18(22)20-12-7-8-16-24(20)17-9-13-21(24)19-11-4-6-15-23(19)26-2/h3-6,10-11,14-15,20-21H,7-9,12-13,16-17H2,1-2H3/t20-,21-,24-/m0/s1. The van der Waals surface area contributed by atoms with Gasteiger partial charge in [-0.05, 0) is 66.2 Å². The lowest BCUT2D eigenvalue weighted by Crippen LogP contribution is -2.35. The molecule has 0 saturated heterocycles. The van der Waals surface area contributed by atoms with Gasteiger partial charge in [-0.25, -0.2) is 0 Å². The Hall–Kier alpha value is -1.96. The molecule has 0 aliphatic heterocycles. The lowest BCUT2D eigenvalue weighted by molar-refractivity contribution is 0.129. The van der Waals surface area contributed by atoms with Crippen molar-refractivity contribution in [3.8, 4) is 11.5 Å². The summed E-state index contributed by atoms with van der Waals surface area (Å²) in [6.45, 7) is 0. The van der Waals surface area contributed by atoms with Gasteiger partial charge in [-0.1, -0.05) is 55.7 Å². The van der Waals surface area contributed by atoms with Crippen LogP contribution in [-0.4, -0.2) is 14.2 Å². The number of para-hydroxylation sites is 2. The van der Waals surface area contributed by atoms with Crippen LogP contribution in [0.3, 0.4) is 0 Å². The summed E-state index contributed by atoms with van der Waals surface area (Å²) in [7, 11) is 3.61. The van der Waals surface area contributed by atoms with Gasteiger partial charge < -0.3 is 9.47 Å². The third-order valence-corrected chi connectivity index (χ3v) is 6.94. The Kier molecular flexibility index (Phi) is 4.93. The molecule has 0 bridgehead atoms. The van der Waals surface area contributed by atoms with Crippen molar-refractivity contribution in [2.45, 2.75) is 56.8 Å². The van der Waals surface area contributed by atoms with E-state index in [9.17, 15) is 0 Å². The Morgan fingerprint density at radius 3 is 1.77 bits per heavy atom. The molecule has 0 heterocycles. The highest BCUT2D eigenvalue weighted by Gasteiger charge is 2.51. The predicted molar refractivity (Wildman–Crippen MR) is 106 cm³/mol. The highest BCUT2D eigenvalue weighted by atomic mass is 16.5. The summed E-state index contributed by atoms with van der Waals surface area (Å²) in [4.78, 5) is 0. The van der Waals surface area contributed by atoms with E-state index in [-0.39, 0.29) is 0 Å². The van der Waals surface area contributed by atoms with Crippen LogP contribution in [0, 0.1) is 5.41 Å². The molecule has 2 aliphatic carbocycles. The van der Waals surface area contributed by atoms with E-state index in [1.807, 2.05) is 0 Å². The van der Waals surface area contributed by atoms with Crippen molar-refractivity contribution >= 4 is 0 Å². The number of hydrogen-bond donors (Lipinski definition) is 0. The lowest BCUT2D eigenvalue weighted by Gasteiger charge is -2.47. The second-order valence-corrected chi connectivity index (χ2v) is 7.96. The zero-order valence-corrected chi connectivity index (χ0v) is 16.0. The van der Waals surface area contributed by atoms with Crippen LogP contribution >= 0.6 is 0 Å². The zero-order chi connectivity index (χ0) is 18.0. The van der Waals surface area contributed by atoms with Gasteiger partial charge in [-0.3, -0.25) is 0 Å². The maximum absolute atomic E-state index is 5.76. The molecular weight excluding hydrogens is 320 g/mol. The van der Waals surface area contributed by atoms with Crippen LogP contribution in [0.4, 0.5) is 0 Å². The molecule has 0 N–H and O–H groups in total. The fourth-order valence-electron chi connectivity index (χ4n) is 5.92. The van der Waals surface area contributed by atoms with Crippen molar-refractivity contribution in [3.63, 3.8) is 0 Å². The van der Waals surface area contributed by atoms with Crippen LogP contribution in [-0.2, 0) is 0 Å². The lowest BCUT2D eigenvalue weighted by atomic mass is 9.57. The maximum Gasteiger partial charge on any atom is 0.122 e. The first-order valence-corrected chi connectivity index (χ1v) is 10.1. The molecule has 3 atom stereocenters. The van der Waals surface area contributed by atoms with Gasteiger partial charge in [-0.2, -0.15) is 0 Å². The minimum Gasteiger partial charge on any atom is -0.496 e.